The largest absolute Gasteiger partial charge is 0.343 e. The molecule has 1 heterocycles. The predicted octanol–water partition coefficient (Wildman–Crippen LogP) is 3.13. The topological polar surface area (TPSA) is 46.3 Å². The van der Waals surface area contributed by atoms with Crippen LogP contribution in [0, 0.1) is 5.92 Å². The molecule has 20 heavy (non-hydrogen) atoms. The van der Waals surface area contributed by atoms with E-state index in [-0.39, 0.29) is 5.91 Å². The van der Waals surface area contributed by atoms with E-state index in [4.69, 9.17) is 5.73 Å². The summed E-state index contributed by atoms with van der Waals surface area (Å²) < 4.78 is 1.08. The zero-order valence-corrected chi connectivity index (χ0v) is 14.0. The van der Waals surface area contributed by atoms with Gasteiger partial charge in [-0.3, -0.25) is 4.79 Å². The van der Waals surface area contributed by atoms with Crippen LogP contribution in [-0.4, -0.2) is 36.2 Å². The molecule has 0 bridgehead atoms. The van der Waals surface area contributed by atoms with Crippen molar-refractivity contribution in [1.29, 1.82) is 0 Å². The van der Waals surface area contributed by atoms with E-state index in [0.29, 0.717) is 12.3 Å². The van der Waals surface area contributed by atoms with Crippen LogP contribution in [0.25, 0.3) is 0 Å². The number of carbonyl (C=O) groups excluding carboxylic acids is 1. The van der Waals surface area contributed by atoms with E-state index in [1.54, 1.807) is 11.8 Å². The fourth-order valence-electron chi connectivity index (χ4n) is 2.36. The van der Waals surface area contributed by atoms with E-state index in [1.165, 1.54) is 4.90 Å². The normalized spacial score (nSPS) is 16.4. The van der Waals surface area contributed by atoms with Crippen LogP contribution >= 0.6 is 27.7 Å². The number of nitrogens with two attached hydrogens (primary N) is 1. The highest BCUT2D eigenvalue weighted by Crippen LogP contribution is 2.22. The van der Waals surface area contributed by atoms with Crippen LogP contribution in [0.3, 0.4) is 0 Å². The van der Waals surface area contributed by atoms with Crippen molar-refractivity contribution in [1.82, 2.24) is 4.90 Å². The molecule has 1 saturated heterocycles. The molecule has 1 aromatic carbocycles. The van der Waals surface area contributed by atoms with Crippen LogP contribution in [0.1, 0.15) is 19.3 Å². The Kier molecular flexibility index (Phi) is 6.39. The molecule has 2 N–H and O–H groups in total. The molecule has 1 aliphatic heterocycles. The number of carbonyl (C=O) groups is 1. The van der Waals surface area contributed by atoms with Crippen molar-refractivity contribution >= 4 is 33.6 Å². The Hall–Kier alpha value is -0.520. The van der Waals surface area contributed by atoms with Crippen LogP contribution in [0.2, 0.25) is 0 Å². The van der Waals surface area contributed by atoms with Crippen LogP contribution < -0.4 is 5.73 Å². The summed E-state index contributed by atoms with van der Waals surface area (Å²) in [5.41, 5.74) is 5.67. The van der Waals surface area contributed by atoms with E-state index in [9.17, 15) is 4.79 Å². The number of nitrogens with zero attached hydrogens (tertiary/aromatic N) is 1. The van der Waals surface area contributed by atoms with Gasteiger partial charge in [0, 0.05) is 34.6 Å². The third-order valence-electron chi connectivity index (χ3n) is 3.70. The van der Waals surface area contributed by atoms with Gasteiger partial charge in [-0.2, -0.15) is 0 Å². The van der Waals surface area contributed by atoms with Crippen molar-refractivity contribution in [2.75, 3.05) is 25.4 Å². The minimum atomic E-state index is 0.282. The van der Waals surface area contributed by atoms with Gasteiger partial charge in [0.25, 0.3) is 0 Å². The second-order valence-corrected chi connectivity index (χ2v) is 7.20. The molecule has 0 aromatic heterocycles. The molecular weight excluding hydrogens is 336 g/mol. The molecule has 3 nitrogen and oxygen atoms in total. The summed E-state index contributed by atoms with van der Waals surface area (Å²) in [7, 11) is 0. The first kappa shape index (κ1) is 15.9. The molecule has 0 saturated carbocycles. The minimum absolute atomic E-state index is 0.282. The Morgan fingerprint density at radius 1 is 1.30 bits per heavy atom. The smallest absolute Gasteiger partial charge is 0.223 e. The summed E-state index contributed by atoms with van der Waals surface area (Å²) in [5.74, 6) is 1.73. The summed E-state index contributed by atoms with van der Waals surface area (Å²) in [6.45, 7) is 2.51. The molecule has 0 aliphatic carbocycles. The number of rotatable bonds is 5. The zero-order chi connectivity index (χ0) is 14.4. The molecule has 0 atom stereocenters. The summed E-state index contributed by atoms with van der Waals surface area (Å²) in [5, 5.41) is 0. The van der Waals surface area contributed by atoms with Crippen molar-refractivity contribution in [2.24, 2.45) is 11.7 Å². The minimum Gasteiger partial charge on any atom is -0.343 e. The lowest BCUT2D eigenvalue weighted by Crippen LogP contribution is -2.40. The highest BCUT2D eigenvalue weighted by atomic mass is 79.9. The fraction of sp³-hybridized carbons (Fsp3) is 0.533. The number of thioether (sulfide) groups is 1. The van der Waals surface area contributed by atoms with Crippen LogP contribution in [0.5, 0.6) is 0 Å². The first-order chi connectivity index (χ1) is 9.69. The molecule has 110 valence electrons. The quantitative estimate of drug-likeness (QED) is 0.824. The molecule has 2 rings (SSSR count). The maximum absolute atomic E-state index is 12.1. The van der Waals surface area contributed by atoms with Gasteiger partial charge in [-0.1, -0.05) is 15.9 Å². The van der Waals surface area contributed by atoms with Gasteiger partial charge in [0.1, 0.15) is 0 Å². The lowest BCUT2D eigenvalue weighted by molar-refractivity contribution is -0.132. The summed E-state index contributed by atoms with van der Waals surface area (Å²) in [6.07, 6.45) is 2.73. The zero-order valence-electron chi connectivity index (χ0n) is 11.6. The van der Waals surface area contributed by atoms with E-state index in [2.05, 4.69) is 28.1 Å². The van der Waals surface area contributed by atoms with Gasteiger partial charge in [-0.15, -0.1) is 11.8 Å². The number of likely N-dealkylation sites (tertiary alicyclic amines) is 1. The van der Waals surface area contributed by atoms with E-state index in [0.717, 1.165) is 42.7 Å². The second kappa shape index (κ2) is 8.05. The van der Waals surface area contributed by atoms with Crippen molar-refractivity contribution in [3.63, 3.8) is 0 Å². The van der Waals surface area contributed by atoms with Crippen molar-refractivity contribution in [2.45, 2.75) is 24.2 Å². The van der Waals surface area contributed by atoms with Crippen molar-refractivity contribution in [3.8, 4) is 0 Å². The van der Waals surface area contributed by atoms with Gasteiger partial charge in [-0.25, -0.2) is 0 Å². The van der Waals surface area contributed by atoms with Gasteiger partial charge in [-0.05, 0) is 49.6 Å². The number of hydrogen-bond acceptors (Lipinski definition) is 3. The predicted molar refractivity (Wildman–Crippen MR) is 87.8 cm³/mol. The molecule has 0 spiro atoms. The van der Waals surface area contributed by atoms with Gasteiger partial charge in [0.05, 0.1) is 0 Å². The third kappa shape index (κ3) is 4.79. The maximum atomic E-state index is 12.1. The third-order valence-corrected chi connectivity index (χ3v) is 5.24. The molecular formula is C15H21BrN2OS. The SMILES string of the molecule is NCC1CCN(C(=O)CCSc2ccc(Br)cc2)CC1. The molecule has 1 aromatic rings. The van der Waals surface area contributed by atoms with E-state index in [1.807, 2.05) is 17.0 Å². The van der Waals surface area contributed by atoms with Crippen LogP contribution in [-0.2, 0) is 4.79 Å². The van der Waals surface area contributed by atoms with Gasteiger partial charge >= 0.3 is 0 Å². The van der Waals surface area contributed by atoms with Crippen LogP contribution in [0.15, 0.2) is 33.6 Å². The van der Waals surface area contributed by atoms with Gasteiger partial charge in [0.15, 0.2) is 0 Å². The Labute approximate surface area is 133 Å². The molecule has 1 aliphatic rings. The number of amides is 1. The Bertz CT molecular complexity index is 430. The lowest BCUT2D eigenvalue weighted by atomic mass is 9.97. The monoisotopic (exact) mass is 356 g/mol. The number of benzene rings is 1. The molecule has 1 fully saturated rings. The second-order valence-electron chi connectivity index (χ2n) is 5.11. The fourth-order valence-corrected chi connectivity index (χ4v) is 3.47. The Balaban J connectivity index is 1.69. The lowest BCUT2D eigenvalue weighted by Gasteiger charge is -2.31. The van der Waals surface area contributed by atoms with Crippen molar-refractivity contribution in [3.05, 3.63) is 28.7 Å². The molecule has 0 unspecified atom stereocenters. The summed E-state index contributed by atoms with van der Waals surface area (Å²) in [4.78, 5) is 15.3. The standard InChI is InChI=1S/C15H21BrN2OS/c16-13-1-3-14(4-2-13)20-10-7-15(19)18-8-5-12(11-17)6-9-18/h1-4,12H,5-11,17H2. The van der Waals surface area contributed by atoms with E-state index >= 15 is 0 Å². The highest BCUT2D eigenvalue weighted by molar-refractivity contribution is 9.10. The summed E-state index contributed by atoms with van der Waals surface area (Å²) in [6, 6.07) is 8.21. The average Bonchev–Trinajstić information content (AvgIpc) is 2.49. The molecule has 5 heteroatoms. The number of piperidine rings is 1. The number of halogens is 1. The summed E-state index contributed by atoms with van der Waals surface area (Å²) >= 11 is 5.16. The maximum Gasteiger partial charge on any atom is 0.223 e. The van der Waals surface area contributed by atoms with Gasteiger partial charge in [0.2, 0.25) is 5.91 Å². The van der Waals surface area contributed by atoms with Crippen molar-refractivity contribution < 1.29 is 4.79 Å². The molecule has 1 amide bonds. The first-order valence-corrected chi connectivity index (χ1v) is 8.83. The van der Waals surface area contributed by atoms with E-state index < -0.39 is 0 Å². The average molecular weight is 357 g/mol. The first-order valence-electron chi connectivity index (χ1n) is 7.05. The molecule has 0 radical (unpaired) electrons. The van der Waals surface area contributed by atoms with Gasteiger partial charge < -0.3 is 10.6 Å². The van der Waals surface area contributed by atoms with Crippen LogP contribution in [0.4, 0.5) is 0 Å². The number of hydrogen-bond donors (Lipinski definition) is 1. The Morgan fingerprint density at radius 3 is 2.55 bits per heavy atom. The Morgan fingerprint density at radius 2 is 1.95 bits per heavy atom. The highest BCUT2D eigenvalue weighted by Gasteiger charge is 2.21.